The van der Waals surface area contributed by atoms with Gasteiger partial charge in [-0.2, -0.15) is 0 Å². The van der Waals surface area contributed by atoms with Crippen molar-refractivity contribution in [3.63, 3.8) is 0 Å². The normalized spacial score (nSPS) is 14.8. The van der Waals surface area contributed by atoms with E-state index in [0.29, 0.717) is 6.42 Å². The minimum atomic E-state index is 0.118. The molecule has 2 heterocycles. The Labute approximate surface area is 175 Å². The molecule has 0 unspecified atom stereocenters. The van der Waals surface area contributed by atoms with Gasteiger partial charge in [0.1, 0.15) is 0 Å². The number of carbonyl (C=O) groups excluding carboxylic acids is 1. The second-order valence-electron chi connectivity index (χ2n) is 6.63. The lowest BCUT2D eigenvalue weighted by Gasteiger charge is -2.34. The van der Waals surface area contributed by atoms with Crippen LogP contribution in [0.15, 0.2) is 47.6 Å². The van der Waals surface area contributed by atoms with Gasteiger partial charge in [-0.25, -0.2) is 9.97 Å². The van der Waals surface area contributed by atoms with Gasteiger partial charge in [0.25, 0.3) is 0 Å². The van der Waals surface area contributed by atoms with Crippen LogP contribution in [0.4, 0.5) is 5.95 Å². The Kier molecular flexibility index (Phi) is 8.39. The van der Waals surface area contributed by atoms with Crippen LogP contribution in [0.2, 0.25) is 5.02 Å². The highest BCUT2D eigenvalue weighted by Gasteiger charge is 2.18. The number of halogens is 1. The number of benzene rings is 1. The van der Waals surface area contributed by atoms with Gasteiger partial charge in [0.2, 0.25) is 11.9 Å². The molecule has 1 aliphatic heterocycles. The highest BCUT2D eigenvalue weighted by molar-refractivity contribution is 7.99. The molecule has 0 aliphatic carbocycles. The quantitative estimate of drug-likeness (QED) is 0.498. The molecule has 0 spiro atoms. The third-order valence-electron chi connectivity index (χ3n) is 4.59. The molecule has 2 aromatic rings. The summed E-state index contributed by atoms with van der Waals surface area (Å²) in [7, 11) is 0. The summed E-state index contributed by atoms with van der Waals surface area (Å²) >= 11 is 7.55. The van der Waals surface area contributed by atoms with Gasteiger partial charge in [-0.3, -0.25) is 9.69 Å². The fraction of sp³-hybridized carbons (Fsp3) is 0.450. The van der Waals surface area contributed by atoms with Crippen molar-refractivity contribution in [3.8, 4) is 0 Å². The smallest absolute Gasteiger partial charge is 0.225 e. The predicted octanol–water partition coefficient (Wildman–Crippen LogP) is 2.94. The lowest BCUT2D eigenvalue weighted by molar-refractivity contribution is -0.120. The van der Waals surface area contributed by atoms with Gasteiger partial charge in [-0.05, 0) is 43.3 Å². The van der Waals surface area contributed by atoms with Crippen LogP contribution in [0, 0.1) is 0 Å². The van der Waals surface area contributed by atoms with Gasteiger partial charge in [0.05, 0.1) is 0 Å². The summed E-state index contributed by atoms with van der Waals surface area (Å²) < 4.78 is 0. The van der Waals surface area contributed by atoms with Gasteiger partial charge in [0, 0.05) is 67.2 Å². The number of anilines is 1. The van der Waals surface area contributed by atoms with Gasteiger partial charge < -0.3 is 10.2 Å². The largest absolute Gasteiger partial charge is 0.356 e. The molecule has 3 rings (SSSR count). The maximum absolute atomic E-state index is 12.0. The van der Waals surface area contributed by atoms with Crippen LogP contribution in [0.5, 0.6) is 0 Å². The molecular weight excluding hydrogens is 394 g/mol. The molecule has 6 nitrogen and oxygen atoms in total. The Morgan fingerprint density at radius 1 is 1.11 bits per heavy atom. The first-order chi connectivity index (χ1) is 13.7. The van der Waals surface area contributed by atoms with Gasteiger partial charge >= 0.3 is 0 Å². The number of thioether (sulfide) groups is 1. The zero-order valence-electron chi connectivity index (χ0n) is 15.9. The van der Waals surface area contributed by atoms with Crippen molar-refractivity contribution in [3.05, 3.63) is 47.7 Å². The Hall–Kier alpha value is -1.83. The predicted molar refractivity (Wildman–Crippen MR) is 115 cm³/mol. The minimum absolute atomic E-state index is 0.118. The average molecular weight is 420 g/mol. The molecule has 8 heteroatoms. The molecule has 0 bridgehead atoms. The van der Waals surface area contributed by atoms with Crippen LogP contribution in [0.25, 0.3) is 0 Å². The van der Waals surface area contributed by atoms with E-state index in [2.05, 4.69) is 25.1 Å². The number of rotatable bonds is 9. The summed E-state index contributed by atoms with van der Waals surface area (Å²) in [6.07, 6.45) is 5.07. The molecule has 1 aromatic heterocycles. The number of carbonyl (C=O) groups is 1. The summed E-state index contributed by atoms with van der Waals surface area (Å²) in [5.41, 5.74) is 0. The molecule has 150 valence electrons. The van der Waals surface area contributed by atoms with Crippen molar-refractivity contribution >= 4 is 35.2 Å². The first kappa shape index (κ1) is 20.9. The fourth-order valence-corrected chi connectivity index (χ4v) is 4.01. The average Bonchev–Trinajstić information content (AvgIpc) is 2.74. The first-order valence-electron chi connectivity index (χ1n) is 9.60. The second kappa shape index (κ2) is 11.2. The lowest BCUT2D eigenvalue weighted by atomic mass is 10.3. The Bertz CT molecular complexity index is 723. The van der Waals surface area contributed by atoms with Crippen LogP contribution >= 0.6 is 23.4 Å². The van der Waals surface area contributed by atoms with E-state index in [1.54, 1.807) is 24.2 Å². The number of amides is 1. The highest BCUT2D eigenvalue weighted by Crippen LogP contribution is 2.20. The monoisotopic (exact) mass is 419 g/mol. The van der Waals surface area contributed by atoms with Crippen molar-refractivity contribution in [1.82, 2.24) is 20.2 Å². The Balaban J connectivity index is 1.23. The maximum Gasteiger partial charge on any atom is 0.225 e. The van der Waals surface area contributed by atoms with Crippen molar-refractivity contribution in [1.29, 1.82) is 0 Å². The van der Waals surface area contributed by atoms with Gasteiger partial charge in [-0.15, -0.1) is 11.8 Å². The van der Waals surface area contributed by atoms with Crippen LogP contribution in [0.3, 0.4) is 0 Å². The van der Waals surface area contributed by atoms with E-state index in [0.717, 1.165) is 67.3 Å². The summed E-state index contributed by atoms with van der Waals surface area (Å²) in [5.74, 6) is 1.70. The first-order valence-corrected chi connectivity index (χ1v) is 11.0. The number of piperazine rings is 1. The minimum Gasteiger partial charge on any atom is -0.356 e. The van der Waals surface area contributed by atoms with Gasteiger partial charge in [0.15, 0.2) is 0 Å². The van der Waals surface area contributed by atoms with Crippen LogP contribution in [-0.4, -0.2) is 65.8 Å². The van der Waals surface area contributed by atoms with Gasteiger partial charge in [-0.1, -0.05) is 11.6 Å². The van der Waals surface area contributed by atoms with Crippen molar-refractivity contribution in [2.75, 3.05) is 49.9 Å². The van der Waals surface area contributed by atoms with E-state index in [9.17, 15) is 4.79 Å². The molecule has 1 saturated heterocycles. The summed E-state index contributed by atoms with van der Waals surface area (Å²) in [5, 5.41) is 3.76. The van der Waals surface area contributed by atoms with E-state index in [-0.39, 0.29) is 5.91 Å². The van der Waals surface area contributed by atoms with E-state index in [1.165, 1.54) is 0 Å². The molecule has 0 atom stereocenters. The van der Waals surface area contributed by atoms with Crippen molar-refractivity contribution in [2.45, 2.75) is 17.7 Å². The van der Waals surface area contributed by atoms with Crippen molar-refractivity contribution in [2.24, 2.45) is 0 Å². The number of aromatic nitrogens is 2. The highest BCUT2D eigenvalue weighted by atomic mass is 35.5. The molecule has 1 amide bonds. The SMILES string of the molecule is O=C(CCSc1ccc(Cl)cc1)NCCCN1CCN(c2ncccn2)CC1. The Morgan fingerprint density at radius 3 is 2.54 bits per heavy atom. The second-order valence-corrected chi connectivity index (χ2v) is 8.24. The van der Waals surface area contributed by atoms with E-state index in [4.69, 9.17) is 11.6 Å². The zero-order valence-corrected chi connectivity index (χ0v) is 17.5. The van der Waals surface area contributed by atoms with E-state index >= 15 is 0 Å². The molecule has 0 saturated carbocycles. The number of nitrogens with zero attached hydrogens (tertiary/aromatic N) is 4. The van der Waals surface area contributed by atoms with Crippen molar-refractivity contribution < 1.29 is 4.79 Å². The van der Waals surface area contributed by atoms with E-state index < -0.39 is 0 Å². The topological polar surface area (TPSA) is 61.4 Å². The fourth-order valence-electron chi connectivity index (χ4n) is 3.04. The zero-order chi connectivity index (χ0) is 19.6. The third-order valence-corrected chi connectivity index (χ3v) is 5.86. The van der Waals surface area contributed by atoms with Crippen LogP contribution in [0.1, 0.15) is 12.8 Å². The molecule has 1 fully saturated rings. The third kappa shape index (κ3) is 6.96. The Morgan fingerprint density at radius 2 is 1.82 bits per heavy atom. The number of hydrogen-bond donors (Lipinski definition) is 1. The molecule has 28 heavy (non-hydrogen) atoms. The molecular formula is C20H26ClN5OS. The van der Waals surface area contributed by atoms with Crippen LogP contribution in [-0.2, 0) is 4.79 Å². The maximum atomic E-state index is 12.0. The van der Waals surface area contributed by atoms with Crippen LogP contribution < -0.4 is 10.2 Å². The number of nitrogens with one attached hydrogen (secondary N) is 1. The number of hydrogen-bond acceptors (Lipinski definition) is 6. The summed E-state index contributed by atoms with van der Waals surface area (Å²) in [4.78, 5) is 26.4. The summed E-state index contributed by atoms with van der Waals surface area (Å²) in [6.45, 7) is 5.63. The summed E-state index contributed by atoms with van der Waals surface area (Å²) in [6, 6.07) is 9.54. The molecule has 1 aromatic carbocycles. The van der Waals surface area contributed by atoms with E-state index in [1.807, 2.05) is 30.3 Å². The molecule has 1 aliphatic rings. The molecule has 1 N–H and O–H groups in total. The standard InChI is InChI=1S/C20H26ClN5OS/c21-17-3-5-18(6-4-17)28-16-7-19(27)22-10-2-11-25-12-14-26(15-13-25)20-23-8-1-9-24-20/h1,3-6,8-9H,2,7,10-16H2,(H,22,27). The lowest BCUT2D eigenvalue weighted by Crippen LogP contribution is -2.47. The molecule has 0 radical (unpaired) electrons.